The first-order valence-electron chi connectivity index (χ1n) is 7.54. The highest BCUT2D eigenvalue weighted by Crippen LogP contribution is 2.31. The quantitative estimate of drug-likeness (QED) is 0.891. The summed E-state index contributed by atoms with van der Waals surface area (Å²) in [7, 11) is 0. The largest absolute Gasteiger partial charge is 0.416 e. The fourth-order valence-corrected chi connectivity index (χ4v) is 2.80. The standard InChI is InChI=1S/C16H23F3N2/c1-12(2)21-9-4-7-14(8-10-21)20-15-6-3-5-13(11-15)16(17,18)19/h3,5-6,11-12,14,20H,4,7-10H2,1-2H3. The van der Waals surface area contributed by atoms with Crippen LogP contribution in [-0.4, -0.2) is 30.1 Å². The molecule has 1 aromatic carbocycles. The number of nitrogens with one attached hydrogen (secondary N) is 1. The predicted molar refractivity (Wildman–Crippen MR) is 79.4 cm³/mol. The summed E-state index contributed by atoms with van der Waals surface area (Å²) in [6.07, 6.45) is -1.24. The summed E-state index contributed by atoms with van der Waals surface area (Å²) in [6, 6.07) is 6.25. The molecule has 21 heavy (non-hydrogen) atoms. The van der Waals surface area contributed by atoms with Crippen molar-refractivity contribution in [1.29, 1.82) is 0 Å². The summed E-state index contributed by atoms with van der Waals surface area (Å²) < 4.78 is 38.2. The number of hydrogen-bond donors (Lipinski definition) is 1. The number of nitrogens with zero attached hydrogens (tertiary/aromatic N) is 1. The van der Waals surface area contributed by atoms with Crippen LogP contribution in [0.2, 0.25) is 0 Å². The molecule has 0 aromatic heterocycles. The van der Waals surface area contributed by atoms with Gasteiger partial charge in [0, 0.05) is 24.3 Å². The number of alkyl halides is 3. The van der Waals surface area contributed by atoms with Gasteiger partial charge >= 0.3 is 6.18 Å². The van der Waals surface area contributed by atoms with Crippen LogP contribution < -0.4 is 5.32 Å². The van der Waals surface area contributed by atoms with E-state index in [-0.39, 0.29) is 6.04 Å². The Morgan fingerprint density at radius 1 is 1.19 bits per heavy atom. The molecule has 0 radical (unpaired) electrons. The van der Waals surface area contributed by atoms with E-state index >= 15 is 0 Å². The summed E-state index contributed by atoms with van der Waals surface area (Å²) >= 11 is 0. The van der Waals surface area contributed by atoms with Gasteiger partial charge in [-0.3, -0.25) is 0 Å². The lowest BCUT2D eigenvalue weighted by Crippen LogP contribution is -2.32. The second kappa shape index (κ2) is 6.69. The highest BCUT2D eigenvalue weighted by atomic mass is 19.4. The predicted octanol–water partition coefficient (Wildman–Crippen LogP) is 4.38. The van der Waals surface area contributed by atoms with Gasteiger partial charge in [0.25, 0.3) is 0 Å². The molecule has 0 bridgehead atoms. The first-order valence-corrected chi connectivity index (χ1v) is 7.54. The number of rotatable bonds is 3. The van der Waals surface area contributed by atoms with Crippen molar-refractivity contribution in [3.8, 4) is 0 Å². The average molecular weight is 300 g/mol. The zero-order chi connectivity index (χ0) is 15.5. The van der Waals surface area contributed by atoms with E-state index in [0.717, 1.165) is 38.4 Å². The molecule has 1 unspecified atom stereocenters. The Morgan fingerprint density at radius 3 is 2.62 bits per heavy atom. The number of halogens is 3. The first-order chi connectivity index (χ1) is 9.86. The molecule has 1 atom stereocenters. The van der Waals surface area contributed by atoms with E-state index in [1.54, 1.807) is 6.07 Å². The Bertz CT molecular complexity index is 457. The summed E-state index contributed by atoms with van der Waals surface area (Å²) in [4.78, 5) is 2.42. The summed E-state index contributed by atoms with van der Waals surface area (Å²) in [6.45, 7) is 6.42. The first kappa shape index (κ1) is 16.1. The van der Waals surface area contributed by atoms with Gasteiger partial charge in [0.2, 0.25) is 0 Å². The second-order valence-corrected chi connectivity index (χ2v) is 5.98. The Kier molecular flexibility index (Phi) is 5.14. The van der Waals surface area contributed by atoms with Crippen molar-refractivity contribution in [1.82, 2.24) is 4.90 Å². The second-order valence-electron chi connectivity index (χ2n) is 5.98. The van der Waals surface area contributed by atoms with Crippen molar-refractivity contribution in [2.45, 2.75) is 51.4 Å². The molecular formula is C16H23F3N2. The van der Waals surface area contributed by atoms with Crippen LogP contribution in [0, 0.1) is 0 Å². The van der Waals surface area contributed by atoms with Gasteiger partial charge in [0.15, 0.2) is 0 Å². The third kappa shape index (κ3) is 4.63. The molecule has 118 valence electrons. The minimum absolute atomic E-state index is 0.247. The van der Waals surface area contributed by atoms with Gasteiger partial charge in [-0.2, -0.15) is 13.2 Å². The lowest BCUT2D eigenvalue weighted by molar-refractivity contribution is -0.137. The van der Waals surface area contributed by atoms with Gasteiger partial charge in [0.05, 0.1) is 5.56 Å². The number of anilines is 1. The van der Waals surface area contributed by atoms with Crippen LogP contribution in [0.25, 0.3) is 0 Å². The van der Waals surface area contributed by atoms with Gasteiger partial charge in [0.1, 0.15) is 0 Å². The molecular weight excluding hydrogens is 277 g/mol. The van der Waals surface area contributed by atoms with Crippen LogP contribution in [0.3, 0.4) is 0 Å². The SMILES string of the molecule is CC(C)N1CCCC(Nc2cccc(C(F)(F)F)c2)CC1. The van der Waals surface area contributed by atoms with E-state index in [2.05, 4.69) is 24.1 Å². The zero-order valence-electron chi connectivity index (χ0n) is 12.6. The fourth-order valence-electron chi connectivity index (χ4n) is 2.80. The van der Waals surface area contributed by atoms with Crippen molar-refractivity contribution in [2.24, 2.45) is 0 Å². The van der Waals surface area contributed by atoms with Gasteiger partial charge in [-0.1, -0.05) is 6.07 Å². The Morgan fingerprint density at radius 2 is 1.95 bits per heavy atom. The smallest absolute Gasteiger partial charge is 0.382 e. The van der Waals surface area contributed by atoms with Crippen molar-refractivity contribution >= 4 is 5.69 Å². The van der Waals surface area contributed by atoms with Gasteiger partial charge in [-0.25, -0.2) is 0 Å². The van der Waals surface area contributed by atoms with Crippen LogP contribution in [0.1, 0.15) is 38.7 Å². The molecule has 1 heterocycles. The highest BCUT2D eigenvalue weighted by molar-refractivity contribution is 5.47. The van der Waals surface area contributed by atoms with Crippen molar-refractivity contribution in [3.05, 3.63) is 29.8 Å². The molecule has 1 saturated heterocycles. The zero-order valence-corrected chi connectivity index (χ0v) is 12.6. The molecule has 0 aliphatic carbocycles. The molecule has 1 aliphatic rings. The third-order valence-corrected chi connectivity index (χ3v) is 4.05. The van der Waals surface area contributed by atoms with E-state index in [1.807, 2.05) is 0 Å². The molecule has 1 N–H and O–H groups in total. The van der Waals surface area contributed by atoms with Gasteiger partial charge < -0.3 is 10.2 Å². The van der Waals surface area contributed by atoms with E-state index in [9.17, 15) is 13.2 Å². The third-order valence-electron chi connectivity index (χ3n) is 4.05. The maximum Gasteiger partial charge on any atom is 0.416 e. The Balaban J connectivity index is 1.99. The molecule has 2 rings (SSSR count). The molecule has 0 amide bonds. The highest BCUT2D eigenvalue weighted by Gasteiger charge is 2.30. The minimum atomic E-state index is -4.28. The summed E-state index contributed by atoms with van der Waals surface area (Å²) in [5, 5.41) is 3.27. The maximum absolute atomic E-state index is 12.7. The van der Waals surface area contributed by atoms with Crippen LogP contribution in [0.15, 0.2) is 24.3 Å². The Labute approximate surface area is 124 Å². The lowest BCUT2D eigenvalue weighted by atomic mass is 10.1. The van der Waals surface area contributed by atoms with Crippen molar-refractivity contribution in [2.75, 3.05) is 18.4 Å². The van der Waals surface area contributed by atoms with E-state index in [0.29, 0.717) is 11.7 Å². The van der Waals surface area contributed by atoms with E-state index in [1.165, 1.54) is 12.1 Å². The number of likely N-dealkylation sites (tertiary alicyclic amines) is 1. The number of benzene rings is 1. The van der Waals surface area contributed by atoms with Crippen LogP contribution >= 0.6 is 0 Å². The van der Waals surface area contributed by atoms with Crippen molar-refractivity contribution < 1.29 is 13.2 Å². The molecule has 2 nitrogen and oxygen atoms in total. The summed E-state index contributed by atoms with van der Waals surface area (Å²) in [5.41, 5.74) is -0.0299. The molecule has 5 heteroatoms. The molecule has 1 aliphatic heterocycles. The average Bonchev–Trinajstić information content (AvgIpc) is 2.64. The normalized spacial score (nSPS) is 21.3. The topological polar surface area (TPSA) is 15.3 Å². The lowest BCUT2D eigenvalue weighted by Gasteiger charge is -2.24. The Hall–Kier alpha value is -1.23. The molecule has 0 saturated carbocycles. The molecule has 0 spiro atoms. The van der Waals surface area contributed by atoms with Crippen LogP contribution in [0.4, 0.5) is 18.9 Å². The number of hydrogen-bond acceptors (Lipinski definition) is 2. The van der Waals surface area contributed by atoms with Gasteiger partial charge in [-0.15, -0.1) is 0 Å². The van der Waals surface area contributed by atoms with Gasteiger partial charge in [-0.05, 0) is 57.9 Å². The van der Waals surface area contributed by atoms with E-state index in [4.69, 9.17) is 0 Å². The van der Waals surface area contributed by atoms with Crippen LogP contribution in [-0.2, 0) is 6.18 Å². The molecule has 1 aromatic rings. The molecule has 1 fully saturated rings. The van der Waals surface area contributed by atoms with E-state index < -0.39 is 11.7 Å². The van der Waals surface area contributed by atoms with Crippen molar-refractivity contribution in [3.63, 3.8) is 0 Å². The summed E-state index contributed by atoms with van der Waals surface area (Å²) in [5.74, 6) is 0. The van der Waals surface area contributed by atoms with Crippen LogP contribution in [0.5, 0.6) is 0 Å². The maximum atomic E-state index is 12.7. The monoisotopic (exact) mass is 300 g/mol. The fraction of sp³-hybridized carbons (Fsp3) is 0.625. The minimum Gasteiger partial charge on any atom is -0.382 e.